The Morgan fingerprint density at radius 3 is 3.11 bits per heavy atom. The largest absolute Gasteiger partial charge is 0.329 e. The molecule has 0 unspecified atom stereocenters. The topological polar surface area (TPSA) is 80.1 Å². The molecule has 2 heterocycles. The van der Waals surface area contributed by atoms with Gasteiger partial charge in [-0.1, -0.05) is 0 Å². The number of aryl methyl sites for hydroxylation is 1. The van der Waals surface area contributed by atoms with Crippen molar-refractivity contribution in [2.24, 2.45) is 4.99 Å². The zero-order chi connectivity index (χ0) is 13.4. The Kier molecular flexibility index (Phi) is 2.87. The van der Waals surface area contributed by atoms with Crippen LogP contribution >= 0.6 is 15.9 Å². The molecule has 0 fully saturated rings. The average Bonchev–Trinajstić information content (AvgIpc) is 3.03. The van der Waals surface area contributed by atoms with Crippen LogP contribution in [0, 0.1) is 18.3 Å². The molecular formula is C12H11BrN6. The van der Waals surface area contributed by atoms with Crippen molar-refractivity contribution in [3.63, 3.8) is 0 Å². The number of H-pyrrole nitrogens is 1. The normalized spacial score (nSPS) is 14.1. The van der Waals surface area contributed by atoms with Gasteiger partial charge in [-0.15, -0.1) is 0 Å². The smallest absolute Gasteiger partial charge is 0.211 e. The molecule has 0 amide bonds. The fourth-order valence-corrected chi connectivity index (χ4v) is 2.69. The number of hydrazine groups is 1. The molecule has 6 nitrogen and oxygen atoms in total. The Labute approximate surface area is 118 Å². The number of hydrogen-bond donors (Lipinski definition) is 2. The van der Waals surface area contributed by atoms with Crippen molar-refractivity contribution in [3.8, 4) is 6.07 Å². The molecule has 0 atom stereocenters. The Morgan fingerprint density at radius 2 is 2.42 bits per heavy atom. The molecule has 2 N–H and O–H groups in total. The average molecular weight is 319 g/mol. The first-order valence-electron chi connectivity index (χ1n) is 5.81. The first-order valence-corrected chi connectivity index (χ1v) is 6.60. The van der Waals surface area contributed by atoms with Gasteiger partial charge in [0.2, 0.25) is 5.82 Å². The summed E-state index contributed by atoms with van der Waals surface area (Å²) in [4.78, 5) is 11.4. The fraction of sp³-hybridized carbons (Fsp3) is 0.250. The van der Waals surface area contributed by atoms with E-state index >= 15 is 0 Å². The number of aliphatic imine (C=N–C) groups is 1. The second-order valence-electron chi connectivity index (χ2n) is 4.28. The minimum atomic E-state index is 0.324. The standard InChI is InChI=1S/C12H11BrN6/c1-7-11(18-19-3-2-15-6-19)8(13)4-9-12(7)17-10(5-14)16-9/h4,6,18H,2-3H2,1H3,(H,16,17). The highest BCUT2D eigenvalue weighted by Crippen LogP contribution is 2.32. The number of aromatic amines is 1. The molecule has 0 saturated heterocycles. The molecule has 0 spiro atoms. The quantitative estimate of drug-likeness (QED) is 0.889. The van der Waals surface area contributed by atoms with Gasteiger partial charge < -0.3 is 4.98 Å². The van der Waals surface area contributed by atoms with Crippen molar-refractivity contribution >= 4 is 39.0 Å². The molecule has 0 aliphatic carbocycles. The minimum Gasteiger partial charge on any atom is -0.329 e. The molecule has 1 aromatic heterocycles. The lowest BCUT2D eigenvalue weighted by Crippen LogP contribution is -2.27. The van der Waals surface area contributed by atoms with E-state index in [-0.39, 0.29) is 0 Å². The van der Waals surface area contributed by atoms with E-state index in [1.54, 1.807) is 6.34 Å². The molecule has 2 aromatic rings. The van der Waals surface area contributed by atoms with Gasteiger partial charge in [-0.05, 0) is 28.9 Å². The predicted octanol–water partition coefficient (Wildman–Crippen LogP) is 2.18. The first-order chi connectivity index (χ1) is 9.19. The highest BCUT2D eigenvalue weighted by molar-refractivity contribution is 9.10. The van der Waals surface area contributed by atoms with Crippen LogP contribution < -0.4 is 5.43 Å². The van der Waals surface area contributed by atoms with E-state index in [2.05, 4.69) is 36.3 Å². The van der Waals surface area contributed by atoms with E-state index < -0.39 is 0 Å². The molecule has 96 valence electrons. The van der Waals surface area contributed by atoms with Gasteiger partial charge in [0.05, 0.1) is 29.8 Å². The predicted molar refractivity (Wildman–Crippen MR) is 76.9 cm³/mol. The van der Waals surface area contributed by atoms with Crippen LogP contribution in [0.15, 0.2) is 15.5 Å². The third kappa shape index (κ3) is 2.04. The van der Waals surface area contributed by atoms with Gasteiger partial charge in [0.15, 0.2) is 0 Å². The van der Waals surface area contributed by atoms with Crippen molar-refractivity contribution in [1.82, 2.24) is 15.0 Å². The van der Waals surface area contributed by atoms with Crippen molar-refractivity contribution in [2.75, 3.05) is 18.5 Å². The molecule has 0 bridgehead atoms. The number of nitrogens with one attached hydrogen (secondary N) is 2. The maximum atomic E-state index is 8.90. The molecule has 1 aromatic carbocycles. The summed E-state index contributed by atoms with van der Waals surface area (Å²) in [5, 5.41) is 10.8. The van der Waals surface area contributed by atoms with Crippen LogP contribution in [0.1, 0.15) is 11.4 Å². The van der Waals surface area contributed by atoms with Crippen molar-refractivity contribution in [1.29, 1.82) is 5.26 Å². The van der Waals surface area contributed by atoms with Gasteiger partial charge >= 0.3 is 0 Å². The number of hydrogen-bond acceptors (Lipinski definition) is 5. The van der Waals surface area contributed by atoms with Gasteiger partial charge in [0, 0.05) is 10.0 Å². The Balaban J connectivity index is 2.08. The SMILES string of the molecule is Cc1c(NN2C=NCC2)c(Br)cc2[nH]c(C#N)nc12. The maximum absolute atomic E-state index is 8.90. The molecule has 3 rings (SSSR count). The van der Waals surface area contributed by atoms with E-state index in [1.807, 2.05) is 24.1 Å². The second-order valence-corrected chi connectivity index (χ2v) is 5.13. The van der Waals surface area contributed by atoms with E-state index in [1.165, 1.54) is 0 Å². The Hall–Kier alpha value is -2.07. The number of fused-ring (bicyclic) bond motifs is 1. The molecule has 1 aliphatic rings. The van der Waals surface area contributed by atoms with Crippen LogP contribution in [0.3, 0.4) is 0 Å². The van der Waals surface area contributed by atoms with Crippen molar-refractivity contribution < 1.29 is 0 Å². The van der Waals surface area contributed by atoms with Crippen LogP contribution in [0.2, 0.25) is 0 Å². The lowest BCUT2D eigenvalue weighted by Gasteiger charge is -2.19. The van der Waals surface area contributed by atoms with Crippen LogP contribution in [-0.4, -0.2) is 34.4 Å². The highest BCUT2D eigenvalue weighted by atomic mass is 79.9. The number of aromatic nitrogens is 2. The summed E-state index contributed by atoms with van der Waals surface area (Å²) in [6.45, 7) is 3.62. The summed E-state index contributed by atoms with van der Waals surface area (Å²) in [6.07, 6.45) is 1.78. The third-order valence-electron chi connectivity index (χ3n) is 3.02. The number of rotatable bonds is 2. The summed E-state index contributed by atoms with van der Waals surface area (Å²) < 4.78 is 0.922. The zero-order valence-electron chi connectivity index (χ0n) is 10.2. The number of halogens is 1. The van der Waals surface area contributed by atoms with Gasteiger partial charge in [-0.25, -0.2) is 4.98 Å². The van der Waals surface area contributed by atoms with Gasteiger partial charge in [0.25, 0.3) is 0 Å². The lowest BCUT2D eigenvalue weighted by molar-refractivity contribution is 0.556. The summed E-state index contributed by atoms with van der Waals surface area (Å²) >= 11 is 3.54. The minimum absolute atomic E-state index is 0.324. The molecule has 0 saturated carbocycles. The third-order valence-corrected chi connectivity index (χ3v) is 3.65. The van der Waals surface area contributed by atoms with Crippen LogP contribution in [0.5, 0.6) is 0 Å². The first kappa shape index (κ1) is 12.0. The van der Waals surface area contributed by atoms with E-state index in [0.717, 1.165) is 39.8 Å². The molecular weight excluding hydrogens is 308 g/mol. The molecule has 1 aliphatic heterocycles. The Morgan fingerprint density at radius 1 is 1.58 bits per heavy atom. The van der Waals surface area contributed by atoms with E-state index in [0.29, 0.717) is 5.82 Å². The molecule has 7 heteroatoms. The second kappa shape index (κ2) is 4.55. The highest BCUT2D eigenvalue weighted by Gasteiger charge is 2.15. The summed E-state index contributed by atoms with van der Waals surface area (Å²) in [6, 6.07) is 3.94. The summed E-state index contributed by atoms with van der Waals surface area (Å²) in [7, 11) is 0. The summed E-state index contributed by atoms with van der Waals surface area (Å²) in [5.74, 6) is 0.324. The van der Waals surface area contributed by atoms with Crippen LogP contribution in [-0.2, 0) is 0 Å². The number of anilines is 1. The van der Waals surface area contributed by atoms with Crippen LogP contribution in [0.25, 0.3) is 11.0 Å². The Bertz CT molecular complexity index is 711. The number of nitrogens with zero attached hydrogens (tertiary/aromatic N) is 4. The zero-order valence-corrected chi connectivity index (χ0v) is 11.8. The number of nitriles is 1. The van der Waals surface area contributed by atoms with Crippen molar-refractivity contribution in [2.45, 2.75) is 6.92 Å². The molecule has 0 radical (unpaired) electrons. The fourth-order valence-electron chi connectivity index (χ4n) is 2.07. The number of benzene rings is 1. The monoisotopic (exact) mass is 318 g/mol. The number of imidazole rings is 1. The van der Waals surface area contributed by atoms with E-state index in [4.69, 9.17) is 5.26 Å². The van der Waals surface area contributed by atoms with Crippen LogP contribution in [0.4, 0.5) is 5.69 Å². The molecule has 19 heavy (non-hydrogen) atoms. The van der Waals surface area contributed by atoms with Gasteiger partial charge in [0.1, 0.15) is 12.4 Å². The van der Waals surface area contributed by atoms with E-state index in [9.17, 15) is 0 Å². The van der Waals surface area contributed by atoms with Gasteiger partial charge in [-0.3, -0.25) is 15.4 Å². The lowest BCUT2D eigenvalue weighted by atomic mass is 10.1. The maximum Gasteiger partial charge on any atom is 0.211 e. The van der Waals surface area contributed by atoms with Crippen molar-refractivity contribution in [3.05, 3.63) is 21.9 Å². The summed E-state index contributed by atoms with van der Waals surface area (Å²) in [5.41, 5.74) is 6.88. The van der Waals surface area contributed by atoms with Gasteiger partial charge in [-0.2, -0.15) is 5.26 Å².